The molecule has 1 aromatic carbocycles. The van der Waals surface area contributed by atoms with Crippen LogP contribution in [0.5, 0.6) is 0 Å². The molecule has 0 bridgehead atoms. The highest BCUT2D eigenvalue weighted by molar-refractivity contribution is 7.89. The Bertz CT molecular complexity index is 561. The van der Waals surface area contributed by atoms with Crippen LogP contribution in [-0.4, -0.2) is 37.8 Å². The summed E-state index contributed by atoms with van der Waals surface area (Å²) in [4.78, 5) is 9.77. The molecule has 1 rings (SSSR count). The molecule has 0 amide bonds. The van der Waals surface area contributed by atoms with Gasteiger partial charge in [-0.15, -0.1) is 0 Å². The highest BCUT2D eigenvalue weighted by Crippen LogP contribution is 2.28. The molecule has 0 unspecified atom stereocenters. The fraction of sp³-hybridized carbons (Fsp3) is 0.333. The average molecular weight is 294 g/mol. The van der Waals surface area contributed by atoms with E-state index in [2.05, 4.69) is 0 Å². The van der Waals surface area contributed by atoms with E-state index in [9.17, 15) is 18.5 Å². The third-order valence-electron chi connectivity index (χ3n) is 2.27. The maximum absolute atomic E-state index is 12.0. The zero-order valence-electron chi connectivity index (χ0n) is 9.54. The molecule has 0 aliphatic heterocycles. The lowest BCUT2D eigenvalue weighted by molar-refractivity contribution is -0.384. The molecule has 0 saturated heterocycles. The van der Waals surface area contributed by atoms with Crippen molar-refractivity contribution < 1.29 is 13.3 Å². The molecule has 0 saturated carbocycles. The zero-order chi connectivity index (χ0) is 13.9. The van der Waals surface area contributed by atoms with E-state index in [1.54, 1.807) is 0 Å². The molecule has 18 heavy (non-hydrogen) atoms. The average Bonchev–Trinajstić information content (AvgIpc) is 2.29. The summed E-state index contributed by atoms with van der Waals surface area (Å²) in [5, 5.41) is 10.6. The Labute approximate surface area is 109 Å². The van der Waals surface area contributed by atoms with Gasteiger partial charge in [0.1, 0.15) is 5.02 Å². The van der Waals surface area contributed by atoms with Gasteiger partial charge in [0.25, 0.3) is 5.69 Å². The number of hydrogen-bond acceptors (Lipinski definition) is 5. The number of nitrogens with zero attached hydrogens (tertiary/aromatic N) is 2. The normalized spacial score (nSPS) is 11.8. The minimum absolute atomic E-state index is 0.111. The highest BCUT2D eigenvalue weighted by Gasteiger charge is 2.24. The molecule has 2 N–H and O–H groups in total. The first-order valence-electron chi connectivity index (χ1n) is 4.91. The second kappa shape index (κ2) is 5.61. The third-order valence-corrected chi connectivity index (χ3v) is 4.44. The van der Waals surface area contributed by atoms with Gasteiger partial charge in [-0.1, -0.05) is 11.6 Å². The number of nitro groups is 1. The van der Waals surface area contributed by atoms with Crippen molar-refractivity contribution in [2.45, 2.75) is 4.90 Å². The van der Waals surface area contributed by atoms with Crippen molar-refractivity contribution in [3.05, 3.63) is 33.3 Å². The molecule has 0 aromatic heterocycles. The number of rotatable bonds is 5. The number of hydrogen-bond donors (Lipinski definition) is 1. The molecule has 0 fully saturated rings. The molecule has 0 aliphatic carbocycles. The van der Waals surface area contributed by atoms with Gasteiger partial charge in [-0.2, -0.15) is 4.31 Å². The Kier molecular flexibility index (Phi) is 4.63. The molecule has 100 valence electrons. The molecule has 0 heterocycles. The third kappa shape index (κ3) is 2.96. The summed E-state index contributed by atoms with van der Waals surface area (Å²) in [5.41, 5.74) is 4.83. The van der Waals surface area contributed by atoms with E-state index in [0.29, 0.717) is 0 Å². The van der Waals surface area contributed by atoms with Crippen molar-refractivity contribution >= 4 is 27.3 Å². The van der Waals surface area contributed by atoms with Gasteiger partial charge in [-0.05, 0) is 12.1 Å². The molecule has 1 aromatic rings. The van der Waals surface area contributed by atoms with Crippen LogP contribution in [0.3, 0.4) is 0 Å². The lowest BCUT2D eigenvalue weighted by Gasteiger charge is -2.15. The lowest BCUT2D eigenvalue weighted by Crippen LogP contribution is -2.31. The summed E-state index contributed by atoms with van der Waals surface area (Å²) in [7, 11) is -2.43. The van der Waals surface area contributed by atoms with Gasteiger partial charge in [-0.25, -0.2) is 8.42 Å². The van der Waals surface area contributed by atoms with Crippen LogP contribution in [0.2, 0.25) is 5.02 Å². The summed E-state index contributed by atoms with van der Waals surface area (Å²) < 4.78 is 25.1. The summed E-state index contributed by atoms with van der Waals surface area (Å²) in [6.07, 6.45) is 0. The van der Waals surface area contributed by atoms with Crippen molar-refractivity contribution in [2.75, 3.05) is 20.1 Å². The van der Waals surface area contributed by atoms with E-state index < -0.39 is 20.6 Å². The summed E-state index contributed by atoms with van der Waals surface area (Å²) in [6.45, 7) is 0.282. The van der Waals surface area contributed by atoms with Crippen LogP contribution in [0.1, 0.15) is 0 Å². The highest BCUT2D eigenvalue weighted by atomic mass is 35.5. The molecule has 0 radical (unpaired) electrons. The molecule has 9 heteroatoms. The molecular formula is C9H12ClN3O4S. The Morgan fingerprint density at radius 2 is 2.11 bits per heavy atom. The van der Waals surface area contributed by atoms with Gasteiger partial charge in [0.2, 0.25) is 10.0 Å². The summed E-state index contributed by atoms with van der Waals surface area (Å²) in [5.74, 6) is 0. The second-order valence-corrected chi connectivity index (χ2v) is 5.94. The van der Waals surface area contributed by atoms with E-state index >= 15 is 0 Å². The summed E-state index contributed by atoms with van der Waals surface area (Å²) in [6, 6.07) is 3.34. The fourth-order valence-corrected chi connectivity index (χ4v) is 2.67. The zero-order valence-corrected chi connectivity index (χ0v) is 11.1. The maximum Gasteiger partial charge on any atom is 0.289 e. The monoisotopic (exact) mass is 293 g/mol. The summed E-state index contributed by atoms with van der Waals surface area (Å²) >= 11 is 5.61. The molecular weight excluding hydrogens is 282 g/mol. The van der Waals surface area contributed by atoms with Crippen LogP contribution < -0.4 is 5.73 Å². The second-order valence-electron chi connectivity index (χ2n) is 3.49. The molecule has 0 aliphatic rings. The number of nitrogens with two attached hydrogens (primary N) is 1. The van der Waals surface area contributed by atoms with Gasteiger partial charge in [0, 0.05) is 26.2 Å². The smallest absolute Gasteiger partial charge is 0.289 e. The molecule has 0 spiro atoms. The van der Waals surface area contributed by atoms with Crippen molar-refractivity contribution in [2.24, 2.45) is 5.73 Å². The Hall–Kier alpha value is -1.22. The number of sulfonamides is 1. The van der Waals surface area contributed by atoms with Crippen LogP contribution in [0, 0.1) is 10.1 Å². The van der Waals surface area contributed by atoms with Gasteiger partial charge in [-0.3, -0.25) is 10.1 Å². The van der Waals surface area contributed by atoms with Crippen molar-refractivity contribution in [3.8, 4) is 0 Å². The van der Waals surface area contributed by atoms with Crippen molar-refractivity contribution in [1.82, 2.24) is 4.31 Å². The van der Waals surface area contributed by atoms with E-state index in [1.807, 2.05) is 0 Å². The van der Waals surface area contributed by atoms with E-state index in [4.69, 9.17) is 17.3 Å². The quantitative estimate of drug-likeness (QED) is 0.639. The number of halogens is 1. The van der Waals surface area contributed by atoms with Crippen molar-refractivity contribution in [3.63, 3.8) is 0 Å². The van der Waals surface area contributed by atoms with E-state index in [1.165, 1.54) is 19.2 Å². The number of benzene rings is 1. The van der Waals surface area contributed by atoms with Crippen LogP contribution in [0.4, 0.5) is 5.69 Å². The first-order valence-corrected chi connectivity index (χ1v) is 6.73. The SMILES string of the molecule is CN(CCN)S(=O)(=O)c1ccc(Cl)c([N+](=O)[O-])c1. The van der Waals surface area contributed by atoms with Gasteiger partial charge in [0.15, 0.2) is 0 Å². The first-order chi connectivity index (χ1) is 8.30. The van der Waals surface area contributed by atoms with Crippen LogP contribution >= 0.6 is 11.6 Å². The van der Waals surface area contributed by atoms with Gasteiger partial charge in [0.05, 0.1) is 9.82 Å². The van der Waals surface area contributed by atoms with Crippen molar-refractivity contribution in [1.29, 1.82) is 0 Å². The van der Waals surface area contributed by atoms with Gasteiger partial charge < -0.3 is 5.73 Å². The van der Waals surface area contributed by atoms with Crippen LogP contribution in [0.15, 0.2) is 23.1 Å². The van der Waals surface area contributed by atoms with Gasteiger partial charge >= 0.3 is 0 Å². The van der Waals surface area contributed by atoms with E-state index in [0.717, 1.165) is 10.4 Å². The Morgan fingerprint density at radius 3 is 2.61 bits per heavy atom. The van der Waals surface area contributed by atoms with E-state index in [-0.39, 0.29) is 23.0 Å². The lowest BCUT2D eigenvalue weighted by atomic mass is 10.3. The minimum Gasteiger partial charge on any atom is -0.329 e. The predicted molar refractivity (Wildman–Crippen MR) is 67.0 cm³/mol. The molecule has 7 nitrogen and oxygen atoms in total. The molecule has 0 atom stereocenters. The topological polar surface area (TPSA) is 107 Å². The van der Waals surface area contributed by atoms with Crippen LogP contribution in [-0.2, 0) is 10.0 Å². The first kappa shape index (κ1) is 14.8. The standard InChI is InChI=1S/C9H12ClN3O4S/c1-12(5-4-11)18(16,17)7-2-3-8(10)9(6-7)13(14)15/h2-3,6H,4-5,11H2,1H3. The Balaban J connectivity index is 3.26. The fourth-order valence-electron chi connectivity index (χ4n) is 1.27. The van der Waals surface area contributed by atoms with Crippen LogP contribution in [0.25, 0.3) is 0 Å². The number of nitro benzene ring substituents is 1. The largest absolute Gasteiger partial charge is 0.329 e. The maximum atomic E-state index is 12.0. The minimum atomic E-state index is -3.78. The number of likely N-dealkylation sites (N-methyl/N-ethyl adjacent to an activating group) is 1. The predicted octanol–water partition coefficient (Wildman–Crippen LogP) is 0.827. The Morgan fingerprint density at radius 1 is 1.50 bits per heavy atom.